The zero-order valence-corrected chi connectivity index (χ0v) is 24.5. The summed E-state index contributed by atoms with van der Waals surface area (Å²) < 4.78 is 17.7. The van der Waals surface area contributed by atoms with Gasteiger partial charge in [-0.05, 0) is 65.0 Å². The quantitative estimate of drug-likeness (QED) is 0.523. The van der Waals surface area contributed by atoms with Gasteiger partial charge < -0.3 is 24.4 Å². The Morgan fingerprint density at radius 2 is 1.88 bits per heavy atom. The first-order chi connectivity index (χ1) is 19.4. The van der Waals surface area contributed by atoms with Crippen LogP contribution >= 0.6 is 0 Å². The number of aromatic nitrogens is 2. The molecule has 1 aromatic heterocycles. The minimum absolute atomic E-state index is 0.0155. The number of rotatable bonds is 8. The number of hydrogen-bond acceptors (Lipinski definition) is 8. The molecule has 4 heterocycles. The number of nitrogens with zero attached hydrogens (tertiary/aromatic N) is 4. The highest BCUT2D eigenvalue weighted by molar-refractivity contribution is 5.94. The summed E-state index contributed by atoms with van der Waals surface area (Å²) in [5, 5.41) is 3.45. The first-order valence-corrected chi connectivity index (χ1v) is 14.8. The second-order valence-electron chi connectivity index (χ2n) is 11.6. The van der Waals surface area contributed by atoms with Crippen LogP contribution in [0.15, 0.2) is 30.6 Å². The fourth-order valence-corrected chi connectivity index (χ4v) is 6.42. The maximum Gasteiger partial charge on any atom is 0.272 e. The summed E-state index contributed by atoms with van der Waals surface area (Å²) in [5.41, 5.74) is 3.77. The standard InChI is InChI=1S/C31H45N5O4/c1-21-8-10-23(11-9-21)27-7-5-6-25(40-27)18-32-30-22(2)29(33-20-34-30)31(37)36-15-12-24(13-16-36)35(3)26-14-17-39-19-28(26)38-4/h8-11,20,24-28H,5-7,12-19H2,1-4H3,(H,32,33,34). The summed E-state index contributed by atoms with van der Waals surface area (Å²) in [5.74, 6) is 0.692. The molecular weight excluding hydrogens is 506 g/mol. The van der Waals surface area contributed by atoms with E-state index in [0.29, 0.717) is 36.7 Å². The minimum Gasteiger partial charge on any atom is -0.379 e. The zero-order chi connectivity index (χ0) is 28.1. The largest absolute Gasteiger partial charge is 0.379 e. The average Bonchev–Trinajstić information content (AvgIpc) is 3.00. The van der Waals surface area contributed by atoms with Crippen molar-refractivity contribution in [1.29, 1.82) is 0 Å². The van der Waals surface area contributed by atoms with Crippen molar-refractivity contribution in [3.63, 3.8) is 0 Å². The molecule has 3 aliphatic rings. The van der Waals surface area contributed by atoms with Crippen LogP contribution in [0.1, 0.15) is 71.8 Å². The molecular formula is C31H45N5O4. The topological polar surface area (TPSA) is 89.1 Å². The number of benzene rings is 1. The van der Waals surface area contributed by atoms with Gasteiger partial charge in [-0.3, -0.25) is 9.69 Å². The molecule has 1 aromatic carbocycles. The fraction of sp³-hybridized carbons (Fsp3) is 0.645. The van der Waals surface area contributed by atoms with E-state index in [2.05, 4.69) is 58.4 Å². The average molecular weight is 552 g/mol. The van der Waals surface area contributed by atoms with E-state index in [-0.39, 0.29) is 24.2 Å². The SMILES string of the molecule is COC1COCCC1N(C)C1CCN(C(=O)c2ncnc(NCC3CCCC(c4ccc(C)cc4)O3)c2C)CC1. The number of likely N-dealkylation sites (N-methyl/N-ethyl adjacent to an activating group) is 1. The van der Waals surface area contributed by atoms with E-state index in [1.54, 1.807) is 7.11 Å². The van der Waals surface area contributed by atoms with Crippen LogP contribution in [0.2, 0.25) is 0 Å². The van der Waals surface area contributed by atoms with Gasteiger partial charge in [0.05, 0.1) is 24.9 Å². The number of amides is 1. The van der Waals surface area contributed by atoms with Crippen molar-refractivity contribution in [1.82, 2.24) is 19.8 Å². The third kappa shape index (κ3) is 6.65. The van der Waals surface area contributed by atoms with Crippen molar-refractivity contribution in [2.45, 2.75) is 82.8 Å². The number of carbonyl (C=O) groups excluding carboxylic acids is 1. The van der Waals surface area contributed by atoms with Crippen LogP contribution in [-0.2, 0) is 14.2 Å². The molecule has 0 radical (unpaired) electrons. The highest BCUT2D eigenvalue weighted by Crippen LogP contribution is 2.32. The van der Waals surface area contributed by atoms with Crippen molar-refractivity contribution in [2.75, 3.05) is 52.3 Å². The second kappa shape index (κ2) is 13.4. The van der Waals surface area contributed by atoms with Gasteiger partial charge in [0, 0.05) is 51.0 Å². The molecule has 0 spiro atoms. The van der Waals surface area contributed by atoms with Crippen LogP contribution in [0.3, 0.4) is 0 Å². The summed E-state index contributed by atoms with van der Waals surface area (Å²) in [6, 6.07) is 9.41. The van der Waals surface area contributed by atoms with Crippen molar-refractivity contribution in [3.8, 4) is 0 Å². The number of carbonyl (C=O) groups is 1. The maximum absolute atomic E-state index is 13.5. The van der Waals surface area contributed by atoms with E-state index < -0.39 is 0 Å². The molecule has 9 nitrogen and oxygen atoms in total. The zero-order valence-electron chi connectivity index (χ0n) is 24.5. The Hall–Kier alpha value is -2.59. The molecule has 3 aliphatic heterocycles. The highest BCUT2D eigenvalue weighted by atomic mass is 16.5. The molecule has 3 fully saturated rings. The molecule has 9 heteroatoms. The molecule has 3 saturated heterocycles. The van der Waals surface area contributed by atoms with Gasteiger partial charge >= 0.3 is 0 Å². The molecule has 2 aromatic rings. The summed E-state index contributed by atoms with van der Waals surface area (Å²) in [6.45, 7) is 7.55. The molecule has 1 amide bonds. The normalized spacial score (nSPS) is 26.2. The summed E-state index contributed by atoms with van der Waals surface area (Å²) >= 11 is 0. The van der Waals surface area contributed by atoms with Crippen LogP contribution in [-0.4, -0.2) is 97.0 Å². The molecule has 5 rings (SSSR count). The van der Waals surface area contributed by atoms with Crippen molar-refractivity contribution in [3.05, 3.63) is 53.0 Å². The molecule has 1 N–H and O–H groups in total. The van der Waals surface area contributed by atoms with E-state index in [1.165, 1.54) is 17.5 Å². The van der Waals surface area contributed by atoms with Crippen molar-refractivity contribution >= 4 is 11.7 Å². The molecule has 40 heavy (non-hydrogen) atoms. The van der Waals surface area contributed by atoms with Crippen LogP contribution in [0.5, 0.6) is 0 Å². The van der Waals surface area contributed by atoms with Crippen LogP contribution in [0.25, 0.3) is 0 Å². The van der Waals surface area contributed by atoms with E-state index in [9.17, 15) is 4.79 Å². The van der Waals surface area contributed by atoms with Crippen LogP contribution in [0.4, 0.5) is 5.82 Å². The summed E-state index contributed by atoms with van der Waals surface area (Å²) in [7, 11) is 3.95. The van der Waals surface area contributed by atoms with Crippen molar-refractivity contribution < 1.29 is 19.0 Å². The van der Waals surface area contributed by atoms with Gasteiger partial charge in [-0.1, -0.05) is 29.8 Å². The van der Waals surface area contributed by atoms with E-state index in [1.807, 2.05) is 11.8 Å². The number of likely N-dealkylation sites (tertiary alicyclic amines) is 1. The lowest BCUT2D eigenvalue weighted by Gasteiger charge is -2.44. The second-order valence-corrected chi connectivity index (χ2v) is 11.6. The lowest BCUT2D eigenvalue weighted by molar-refractivity contribution is -0.0891. The Bertz CT molecular complexity index is 1120. The monoisotopic (exact) mass is 551 g/mol. The van der Waals surface area contributed by atoms with E-state index in [4.69, 9.17) is 14.2 Å². The first kappa shape index (κ1) is 28.9. The van der Waals surface area contributed by atoms with Gasteiger partial charge in [0.1, 0.15) is 17.8 Å². The maximum atomic E-state index is 13.5. The summed E-state index contributed by atoms with van der Waals surface area (Å²) in [6.07, 6.45) is 7.84. The molecule has 218 valence electrons. The Morgan fingerprint density at radius 1 is 1.10 bits per heavy atom. The fourth-order valence-electron chi connectivity index (χ4n) is 6.42. The van der Waals surface area contributed by atoms with Gasteiger partial charge in [0.2, 0.25) is 0 Å². The summed E-state index contributed by atoms with van der Waals surface area (Å²) in [4.78, 5) is 26.8. The third-order valence-electron chi connectivity index (χ3n) is 9.00. The van der Waals surface area contributed by atoms with Crippen molar-refractivity contribution in [2.24, 2.45) is 0 Å². The molecule has 4 atom stereocenters. The predicted molar refractivity (Wildman–Crippen MR) is 155 cm³/mol. The Morgan fingerprint density at radius 3 is 2.62 bits per heavy atom. The molecule has 0 bridgehead atoms. The third-order valence-corrected chi connectivity index (χ3v) is 9.00. The first-order valence-electron chi connectivity index (χ1n) is 14.8. The molecule has 0 aliphatic carbocycles. The van der Waals surface area contributed by atoms with Crippen LogP contribution < -0.4 is 5.32 Å². The number of piperidine rings is 1. The van der Waals surface area contributed by atoms with Gasteiger partial charge in [0.15, 0.2) is 0 Å². The molecule has 4 unspecified atom stereocenters. The number of aryl methyl sites for hydroxylation is 1. The van der Waals surface area contributed by atoms with Gasteiger partial charge in [-0.2, -0.15) is 0 Å². The Balaban J connectivity index is 1.15. The Labute approximate surface area is 238 Å². The number of anilines is 1. The number of methoxy groups -OCH3 is 1. The minimum atomic E-state index is -0.0155. The molecule has 0 saturated carbocycles. The Kier molecular flexibility index (Phi) is 9.68. The van der Waals surface area contributed by atoms with Crippen LogP contribution in [0, 0.1) is 13.8 Å². The number of ether oxygens (including phenoxy) is 3. The van der Waals surface area contributed by atoms with Gasteiger partial charge in [-0.15, -0.1) is 0 Å². The van der Waals surface area contributed by atoms with E-state index >= 15 is 0 Å². The highest BCUT2D eigenvalue weighted by Gasteiger charge is 2.35. The number of nitrogens with one attached hydrogen (secondary N) is 1. The predicted octanol–water partition coefficient (Wildman–Crippen LogP) is 4.16. The number of hydrogen-bond donors (Lipinski definition) is 1. The van der Waals surface area contributed by atoms with Gasteiger partial charge in [0.25, 0.3) is 5.91 Å². The van der Waals surface area contributed by atoms with Gasteiger partial charge in [-0.25, -0.2) is 9.97 Å². The lowest BCUT2D eigenvalue weighted by Crippen LogP contribution is -2.54. The lowest BCUT2D eigenvalue weighted by atomic mass is 9.97. The smallest absolute Gasteiger partial charge is 0.272 e. The van der Waals surface area contributed by atoms with E-state index in [0.717, 1.165) is 63.8 Å².